The first-order chi connectivity index (χ1) is 10.3. The fraction of sp³-hybridized carbons (Fsp3) is 0.647. The Balaban J connectivity index is 2.19. The van der Waals surface area contributed by atoms with Gasteiger partial charge in [0.05, 0.1) is 12.4 Å². The number of hydrogen-bond acceptors (Lipinski definition) is 3. The van der Waals surface area contributed by atoms with Gasteiger partial charge in [0.1, 0.15) is 11.9 Å². The summed E-state index contributed by atoms with van der Waals surface area (Å²) in [7, 11) is -0.916. The van der Waals surface area contributed by atoms with E-state index in [1.807, 2.05) is 30.3 Å². The second-order valence-electron chi connectivity index (χ2n) is 5.31. The van der Waals surface area contributed by atoms with Gasteiger partial charge >= 0.3 is 0 Å². The van der Waals surface area contributed by atoms with E-state index in [4.69, 9.17) is 4.74 Å². The molecule has 3 nitrogen and oxygen atoms in total. The molecule has 0 heterocycles. The fourth-order valence-electron chi connectivity index (χ4n) is 2.15. The maximum atomic E-state index is 12.0. The molecule has 0 aliphatic carbocycles. The minimum absolute atomic E-state index is 0.100. The molecule has 4 heteroatoms. The highest BCUT2D eigenvalue weighted by Gasteiger charge is 2.13. The lowest BCUT2D eigenvalue weighted by Gasteiger charge is -2.16. The highest BCUT2D eigenvalue weighted by molar-refractivity contribution is 7.85. The van der Waals surface area contributed by atoms with Crippen LogP contribution in [0.3, 0.4) is 0 Å². The predicted octanol–water partition coefficient (Wildman–Crippen LogP) is 3.54. The molecule has 1 aromatic rings. The van der Waals surface area contributed by atoms with Crippen LogP contribution in [0.2, 0.25) is 0 Å². The van der Waals surface area contributed by atoms with Gasteiger partial charge in [0.25, 0.3) is 0 Å². The summed E-state index contributed by atoms with van der Waals surface area (Å²) in [5.41, 5.74) is 0. The van der Waals surface area contributed by atoms with Crippen LogP contribution in [0, 0.1) is 0 Å². The average Bonchev–Trinajstić information content (AvgIpc) is 2.51. The molecule has 0 radical (unpaired) electrons. The number of unbranched alkanes of at least 4 members (excludes halogenated alkanes) is 5. The Morgan fingerprint density at radius 2 is 1.76 bits per heavy atom. The van der Waals surface area contributed by atoms with E-state index in [1.54, 1.807) is 0 Å². The number of hydrogen-bond donors (Lipinski definition) is 1. The molecule has 120 valence electrons. The van der Waals surface area contributed by atoms with Crippen LogP contribution in [-0.4, -0.2) is 33.5 Å². The minimum Gasteiger partial charge on any atom is -0.487 e. The highest BCUT2D eigenvalue weighted by atomic mass is 32.2. The standard InChI is InChI=1S/C17H28O3S/c1-2-3-4-5-6-10-13-21(19)15-17(14-18)20-16-11-8-7-9-12-16/h7-9,11-12,17-18H,2-6,10,13-15H2,1H3. The molecule has 0 amide bonds. The van der Waals surface area contributed by atoms with Crippen LogP contribution in [-0.2, 0) is 10.8 Å². The van der Waals surface area contributed by atoms with Gasteiger partial charge in [-0.2, -0.15) is 0 Å². The first-order valence-corrected chi connectivity index (χ1v) is 9.42. The lowest BCUT2D eigenvalue weighted by Crippen LogP contribution is -2.28. The summed E-state index contributed by atoms with van der Waals surface area (Å²) in [4.78, 5) is 0. The maximum absolute atomic E-state index is 12.0. The van der Waals surface area contributed by atoms with Gasteiger partial charge in [0, 0.05) is 16.6 Å². The molecule has 0 aliphatic rings. The van der Waals surface area contributed by atoms with Crippen molar-refractivity contribution in [3.05, 3.63) is 30.3 Å². The SMILES string of the molecule is CCCCCCCCS(=O)CC(CO)Oc1ccccc1. The van der Waals surface area contributed by atoms with Crippen molar-refractivity contribution < 1.29 is 14.1 Å². The molecule has 1 aromatic carbocycles. The molecule has 2 atom stereocenters. The summed E-state index contributed by atoms with van der Waals surface area (Å²) in [6.07, 6.45) is 6.82. The second kappa shape index (κ2) is 11.8. The van der Waals surface area contributed by atoms with Crippen LogP contribution in [0.1, 0.15) is 45.4 Å². The van der Waals surface area contributed by atoms with Crippen molar-refractivity contribution >= 4 is 10.8 Å². The Hall–Kier alpha value is -0.870. The van der Waals surface area contributed by atoms with Crippen molar-refractivity contribution in [3.63, 3.8) is 0 Å². The largest absolute Gasteiger partial charge is 0.487 e. The van der Waals surface area contributed by atoms with E-state index in [2.05, 4.69) is 6.92 Å². The number of benzene rings is 1. The second-order valence-corrected chi connectivity index (χ2v) is 6.94. The molecular formula is C17H28O3S. The summed E-state index contributed by atoms with van der Waals surface area (Å²) < 4.78 is 17.7. The molecule has 1 N–H and O–H groups in total. The molecule has 2 unspecified atom stereocenters. The van der Waals surface area contributed by atoms with Gasteiger partial charge in [-0.15, -0.1) is 0 Å². The molecule has 0 aromatic heterocycles. The quantitative estimate of drug-likeness (QED) is 0.601. The first kappa shape index (κ1) is 18.2. The van der Waals surface area contributed by atoms with E-state index in [1.165, 1.54) is 25.7 Å². The van der Waals surface area contributed by atoms with Gasteiger partial charge < -0.3 is 9.84 Å². The van der Waals surface area contributed by atoms with E-state index < -0.39 is 10.8 Å². The van der Waals surface area contributed by atoms with E-state index in [-0.39, 0.29) is 12.7 Å². The molecule has 0 saturated carbocycles. The highest BCUT2D eigenvalue weighted by Crippen LogP contribution is 2.12. The van der Waals surface area contributed by atoms with Crippen molar-refractivity contribution in [1.29, 1.82) is 0 Å². The lowest BCUT2D eigenvalue weighted by atomic mass is 10.1. The molecule has 0 saturated heterocycles. The van der Waals surface area contributed by atoms with Crippen LogP contribution >= 0.6 is 0 Å². The average molecular weight is 312 g/mol. The third kappa shape index (κ3) is 8.89. The maximum Gasteiger partial charge on any atom is 0.133 e. The van der Waals surface area contributed by atoms with Gasteiger partial charge in [-0.3, -0.25) is 4.21 Å². The molecular weight excluding hydrogens is 284 g/mol. The van der Waals surface area contributed by atoms with Gasteiger partial charge in [-0.1, -0.05) is 57.2 Å². The minimum atomic E-state index is -0.916. The van der Waals surface area contributed by atoms with Gasteiger partial charge in [0.15, 0.2) is 0 Å². The van der Waals surface area contributed by atoms with Crippen LogP contribution in [0.25, 0.3) is 0 Å². The van der Waals surface area contributed by atoms with Crippen LogP contribution < -0.4 is 4.74 Å². The summed E-state index contributed by atoms with van der Waals surface area (Å²) in [5.74, 6) is 1.83. The Morgan fingerprint density at radius 1 is 1.10 bits per heavy atom. The predicted molar refractivity (Wildman–Crippen MR) is 89.2 cm³/mol. The van der Waals surface area contributed by atoms with Crippen molar-refractivity contribution in [2.45, 2.75) is 51.6 Å². The Kier molecular flexibility index (Phi) is 10.2. The van der Waals surface area contributed by atoms with Gasteiger partial charge in [-0.05, 0) is 18.6 Å². The zero-order chi connectivity index (χ0) is 15.3. The normalized spacial score (nSPS) is 13.8. The first-order valence-electron chi connectivity index (χ1n) is 7.93. The topological polar surface area (TPSA) is 46.5 Å². The molecule has 1 rings (SSSR count). The van der Waals surface area contributed by atoms with Crippen LogP contribution in [0.15, 0.2) is 30.3 Å². The number of aliphatic hydroxyl groups is 1. The van der Waals surface area contributed by atoms with Crippen molar-refractivity contribution in [2.24, 2.45) is 0 Å². The van der Waals surface area contributed by atoms with Crippen LogP contribution in [0.5, 0.6) is 5.75 Å². The molecule has 21 heavy (non-hydrogen) atoms. The van der Waals surface area contributed by atoms with Crippen molar-refractivity contribution in [1.82, 2.24) is 0 Å². The zero-order valence-corrected chi connectivity index (χ0v) is 13.8. The number of rotatable bonds is 12. The molecule has 0 bridgehead atoms. The van der Waals surface area contributed by atoms with E-state index in [9.17, 15) is 9.32 Å². The summed E-state index contributed by atoms with van der Waals surface area (Å²) in [6.45, 7) is 2.11. The Morgan fingerprint density at radius 3 is 2.43 bits per heavy atom. The zero-order valence-electron chi connectivity index (χ0n) is 13.0. The van der Waals surface area contributed by atoms with Crippen molar-refractivity contribution in [3.8, 4) is 5.75 Å². The van der Waals surface area contributed by atoms with E-state index in [0.29, 0.717) is 17.3 Å². The third-order valence-electron chi connectivity index (χ3n) is 3.35. The number of aliphatic hydroxyl groups excluding tert-OH is 1. The third-order valence-corrected chi connectivity index (χ3v) is 4.83. The summed E-state index contributed by atoms with van der Waals surface area (Å²) in [6, 6.07) is 9.38. The molecule has 0 spiro atoms. The number of para-hydroxylation sites is 1. The van der Waals surface area contributed by atoms with Gasteiger partial charge in [-0.25, -0.2) is 0 Å². The van der Waals surface area contributed by atoms with Gasteiger partial charge in [0.2, 0.25) is 0 Å². The van der Waals surface area contributed by atoms with E-state index in [0.717, 1.165) is 12.8 Å². The lowest BCUT2D eigenvalue weighted by molar-refractivity contribution is 0.132. The van der Waals surface area contributed by atoms with Crippen molar-refractivity contribution in [2.75, 3.05) is 18.1 Å². The Bertz CT molecular complexity index is 381. The summed E-state index contributed by atoms with van der Waals surface area (Å²) in [5, 5.41) is 9.35. The fourth-order valence-corrected chi connectivity index (χ4v) is 3.43. The number of ether oxygens (including phenoxy) is 1. The Labute approximate surface area is 131 Å². The molecule has 0 fully saturated rings. The molecule has 0 aliphatic heterocycles. The summed E-state index contributed by atoms with van der Waals surface area (Å²) >= 11 is 0. The van der Waals surface area contributed by atoms with Crippen LogP contribution in [0.4, 0.5) is 0 Å². The smallest absolute Gasteiger partial charge is 0.133 e. The monoisotopic (exact) mass is 312 g/mol. The van der Waals surface area contributed by atoms with E-state index >= 15 is 0 Å².